The zero-order valence-corrected chi connectivity index (χ0v) is 21.5. The molecule has 0 bridgehead atoms. The van der Waals surface area contributed by atoms with E-state index in [-0.39, 0.29) is 4.90 Å². The van der Waals surface area contributed by atoms with Crippen molar-refractivity contribution in [1.82, 2.24) is 24.2 Å². The normalized spacial score (nSPS) is 14.1. The zero-order chi connectivity index (χ0) is 25.4. The largest absolute Gasteiger partial charge is 0.480 e. The van der Waals surface area contributed by atoms with Crippen LogP contribution in [0.5, 0.6) is 5.88 Å². The molecule has 0 unspecified atom stereocenters. The molecular weight excluding hydrogens is 476 g/mol. The summed E-state index contributed by atoms with van der Waals surface area (Å²) < 4.78 is 32.8. The Bertz CT molecular complexity index is 1560. The van der Waals surface area contributed by atoms with E-state index in [2.05, 4.69) is 22.2 Å². The summed E-state index contributed by atoms with van der Waals surface area (Å²) in [5, 5.41) is 4.07. The minimum absolute atomic E-state index is 0.222. The predicted molar refractivity (Wildman–Crippen MR) is 140 cm³/mol. The van der Waals surface area contributed by atoms with Gasteiger partial charge in [0.15, 0.2) is 0 Å². The molecule has 3 heterocycles. The fraction of sp³-hybridized carbons (Fsp3) is 0.269. The van der Waals surface area contributed by atoms with Gasteiger partial charge in [-0.05, 0) is 24.7 Å². The van der Waals surface area contributed by atoms with Crippen LogP contribution in [0.4, 0.5) is 11.6 Å². The van der Waals surface area contributed by atoms with Gasteiger partial charge in [0.1, 0.15) is 5.69 Å². The predicted octanol–water partition coefficient (Wildman–Crippen LogP) is 3.68. The average Bonchev–Trinajstić information content (AvgIpc) is 2.87. The number of sulfonamides is 1. The lowest BCUT2D eigenvalue weighted by Crippen LogP contribution is -2.27. The van der Waals surface area contributed by atoms with Crippen molar-refractivity contribution in [2.45, 2.75) is 17.9 Å². The zero-order valence-electron chi connectivity index (χ0n) is 20.7. The number of para-hydroxylation sites is 1. The summed E-state index contributed by atoms with van der Waals surface area (Å²) in [5.74, 6) is 0.852. The van der Waals surface area contributed by atoms with Crippen molar-refractivity contribution >= 4 is 32.6 Å². The van der Waals surface area contributed by atoms with Gasteiger partial charge < -0.3 is 15.0 Å². The number of hydrogen-bond donors (Lipinski definition) is 1. The van der Waals surface area contributed by atoms with Gasteiger partial charge >= 0.3 is 0 Å². The van der Waals surface area contributed by atoms with E-state index >= 15 is 0 Å². The van der Waals surface area contributed by atoms with Crippen LogP contribution in [-0.2, 0) is 23.0 Å². The number of hydrogen-bond acceptors (Lipinski definition) is 8. The lowest BCUT2D eigenvalue weighted by atomic mass is 10.0. The highest BCUT2D eigenvalue weighted by atomic mass is 32.2. The molecule has 10 heteroatoms. The number of likely N-dealkylation sites (N-methyl/N-ethyl adjacent to an activating group) is 1. The topological polar surface area (TPSA) is 101 Å². The molecule has 1 aliphatic heterocycles. The molecule has 0 saturated heterocycles. The Morgan fingerprint density at radius 1 is 1.06 bits per heavy atom. The Balaban J connectivity index is 1.60. The quantitative estimate of drug-likeness (QED) is 0.424. The first-order valence-corrected chi connectivity index (χ1v) is 13.0. The fourth-order valence-electron chi connectivity index (χ4n) is 4.40. The second kappa shape index (κ2) is 9.45. The van der Waals surface area contributed by atoms with Crippen molar-refractivity contribution in [3.63, 3.8) is 0 Å². The third-order valence-corrected chi connectivity index (χ3v) is 8.19. The van der Waals surface area contributed by atoms with E-state index in [9.17, 15) is 8.42 Å². The van der Waals surface area contributed by atoms with Crippen molar-refractivity contribution in [2.24, 2.45) is 0 Å². The molecular formula is C26H28N6O3S. The monoisotopic (exact) mass is 504 g/mol. The molecule has 1 aliphatic rings. The molecule has 186 valence electrons. The number of rotatable bonds is 6. The number of nitrogens with one attached hydrogen (secondary N) is 1. The average molecular weight is 505 g/mol. The second-order valence-electron chi connectivity index (χ2n) is 8.98. The lowest BCUT2D eigenvalue weighted by Gasteiger charge is -2.25. The SMILES string of the molecule is COc1nc2c(cc1Nc1ncc3cccc(-c4ccccc4S(=O)(=O)N(C)C)c3n1)CN(C)CC2. The first kappa shape index (κ1) is 24.1. The molecule has 0 aliphatic carbocycles. The number of ether oxygens (including phenoxy) is 1. The summed E-state index contributed by atoms with van der Waals surface area (Å²) in [6, 6.07) is 14.7. The first-order chi connectivity index (χ1) is 17.3. The van der Waals surface area contributed by atoms with Gasteiger partial charge in [-0.25, -0.2) is 27.7 Å². The van der Waals surface area contributed by atoms with Crippen LogP contribution in [-0.4, -0.2) is 67.4 Å². The van der Waals surface area contributed by atoms with Crippen LogP contribution in [0.1, 0.15) is 11.3 Å². The maximum absolute atomic E-state index is 13.0. The van der Waals surface area contributed by atoms with Gasteiger partial charge in [-0.15, -0.1) is 0 Å². The molecule has 0 fully saturated rings. The molecule has 9 nitrogen and oxygen atoms in total. The number of aromatic nitrogens is 3. The van der Waals surface area contributed by atoms with E-state index < -0.39 is 10.0 Å². The fourth-order valence-corrected chi connectivity index (χ4v) is 5.50. The van der Waals surface area contributed by atoms with Crippen molar-refractivity contribution in [3.05, 3.63) is 66.0 Å². The third-order valence-electron chi connectivity index (χ3n) is 6.31. The van der Waals surface area contributed by atoms with E-state index in [0.29, 0.717) is 34.2 Å². The molecule has 0 saturated carbocycles. The summed E-state index contributed by atoms with van der Waals surface area (Å²) in [5.41, 5.74) is 4.78. The van der Waals surface area contributed by atoms with Gasteiger partial charge in [-0.1, -0.05) is 36.4 Å². The van der Waals surface area contributed by atoms with Gasteiger partial charge in [-0.3, -0.25) is 0 Å². The van der Waals surface area contributed by atoms with E-state index in [1.807, 2.05) is 30.3 Å². The van der Waals surface area contributed by atoms with Crippen LogP contribution >= 0.6 is 0 Å². The standard InChI is InChI=1S/C26H28N6O3S/c1-31(2)36(33,34)23-11-6-5-9-19(23)20-10-7-8-17-15-27-26(30-24(17)20)29-22-14-18-16-32(3)13-12-21(18)28-25(22)35-4/h5-11,14-15H,12-13,16H2,1-4H3,(H,27,29,30). The van der Waals surface area contributed by atoms with Crippen LogP contribution in [0.2, 0.25) is 0 Å². The number of benzene rings is 2. The number of fused-ring (bicyclic) bond motifs is 2. The van der Waals surface area contributed by atoms with Gasteiger partial charge in [-0.2, -0.15) is 0 Å². The van der Waals surface area contributed by atoms with Crippen LogP contribution in [0.25, 0.3) is 22.0 Å². The third kappa shape index (κ3) is 4.39. The van der Waals surface area contributed by atoms with Crippen LogP contribution in [0.3, 0.4) is 0 Å². The molecule has 5 rings (SSSR count). The molecule has 0 radical (unpaired) electrons. The first-order valence-electron chi connectivity index (χ1n) is 11.6. The molecule has 4 aromatic rings. The molecule has 36 heavy (non-hydrogen) atoms. The van der Waals surface area contributed by atoms with Crippen molar-refractivity contribution in [2.75, 3.05) is 40.1 Å². The van der Waals surface area contributed by atoms with Crippen LogP contribution in [0, 0.1) is 0 Å². The van der Waals surface area contributed by atoms with Crippen LogP contribution < -0.4 is 10.1 Å². The van der Waals surface area contributed by atoms with Crippen molar-refractivity contribution in [1.29, 1.82) is 0 Å². The molecule has 0 amide bonds. The summed E-state index contributed by atoms with van der Waals surface area (Å²) in [6.45, 7) is 1.76. The second-order valence-corrected chi connectivity index (χ2v) is 11.1. The molecule has 0 atom stereocenters. The highest BCUT2D eigenvalue weighted by molar-refractivity contribution is 7.89. The minimum Gasteiger partial charge on any atom is -0.480 e. The number of anilines is 2. The number of nitrogens with zero attached hydrogens (tertiary/aromatic N) is 5. The smallest absolute Gasteiger partial charge is 0.243 e. The van der Waals surface area contributed by atoms with Crippen molar-refractivity contribution < 1.29 is 13.2 Å². The number of pyridine rings is 1. The molecule has 2 aromatic carbocycles. The lowest BCUT2D eigenvalue weighted by molar-refractivity contribution is 0.307. The minimum atomic E-state index is -3.66. The maximum Gasteiger partial charge on any atom is 0.243 e. The summed E-state index contributed by atoms with van der Waals surface area (Å²) in [7, 11) is 3.07. The molecule has 0 spiro atoms. The summed E-state index contributed by atoms with van der Waals surface area (Å²) >= 11 is 0. The van der Waals surface area contributed by atoms with Gasteiger partial charge in [0, 0.05) is 56.3 Å². The number of methoxy groups -OCH3 is 1. The van der Waals surface area contributed by atoms with E-state index in [0.717, 1.165) is 36.2 Å². The highest BCUT2D eigenvalue weighted by Crippen LogP contribution is 2.34. The Labute approximate surface area is 210 Å². The Kier molecular flexibility index (Phi) is 6.33. The van der Waals surface area contributed by atoms with E-state index in [4.69, 9.17) is 14.7 Å². The van der Waals surface area contributed by atoms with Gasteiger partial charge in [0.2, 0.25) is 21.9 Å². The van der Waals surface area contributed by atoms with Crippen molar-refractivity contribution in [3.8, 4) is 17.0 Å². The van der Waals surface area contributed by atoms with E-state index in [1.165, 1.54) is 18.4 Å². The summed E-state index contributed by atoms with van der Waals surface area (Å²) in [6.07, 6.45) is 2.59. The molecule has 2 aromatic heterocycles. The van der Waals surface area contributed by atoms with Gasteiger partial charge in [0.05, 0.1) is 23.2 Å². The highest BCUT2D eigenvalue weighted by Gasteiger charge is 2.23. The van der Waals surface area contributed by atoms with Crippen LogP contribution in [0.15, 0.2) is 59.6 Å². The summed E-state index contributed by atoms with van der Waals surface area (Å²) in [4.78, 5) is 16.5. The Morgan fingerprint density at radius 3 is 2.61 bits per heavy atom. The van der Waals surface area contributed by atoms with Gasteiger partial charge in [0.25, 0.3) is 0 Å². The van der Waals surface area contributed by atoms with E-state index in [1.54, 1.807) is 31.5 Å². The Hall–Kier alpha value is -3.60. The molecule has 1 N–H and O–H groups in total. The maximum atomic E-state index is 13.0. The Morgan fingerprint density at radius 2 is 1.83 bits per heavy atom.